The van der Waals surface area contributed by atoms with Crippen molar-refractivity contribution in [3.05, 3.63) is 17.9 Å². The maximum absolute atomic E-state index is 12.8. The third-order valence-corrected chi connectivity index (χ3v) is 7.70. The molecule has 9 heteroatoms. The fourth-order valence-corrected chi connectivity index (χ4v) is 5.72. The van der Waals surface area contributed by atoms with Crippen molar-refractivity contribution in [3.8, 4) is 0 Å². The summed E-state index contributed by atoms with van der Waals surface area (Å²) < 4.78 is 31.7. The lowest BCUT2D eigenvalue weighted by Gasteiger charge is -2.29. The van der Waals surface area contributed by atoms with Crippen molar-refractivity contribution < 1.29 is 27.5 Å². The number of aromatic carboxylic acids is 1. The SMILES string of the molecule is CCC1(CNC(=O)C2CCCN2S(=O)(=O)c2ccc(C(=O)O)o2)CCCC1. The molecule has 3 rings (SSSR count). The Morgan fingerprint density at radius 2 is 2.00 bits per heavy atom. The number of carboxylic acid groups (broad SMARTS) is 1. The van der Waals surface area contributed by atoms with E-state index in [0.29, 0.717) is 19.4 Å². The topological polar surface area (TPSA) is 117 Å². The number of sulfonamides is 1. The first kappa shape index (κ1) is 19.9. The first-order chi connectivity index (χ1) is 12.8. The van der Waals surface area contributed by atoms with Crippen LogP contribution in [0.3, 0.4) is 0 Å². The van der Waals surface area contributed by atoms with Gasteiger partial charge in [-0.05, 0) is 49.7 Å². The van der Waals surface area contributed by atoms with E-state index in [0.717, 1.165) is 48.5 Å². The van der Waals surface area contributed by atoms with Gasteiger partial charge in [-0.25, -0.2) is 13.2 Å². The van der Waals surface area contributed by atoms with Gasteiger partial charge in [0.1, 0.15) is 6.04 Å². The van der Waals surface area contributed by atoms with Crippen molar-refractivity contribution in [2.24, 2.45) is 5.41 Å². The molecule has 0 radical (unpaired) electrons. The number of hydrogen-bond acceptors (Lipinski definition) is 5. The van der Waals surface area contributed by atoms with Gasteiger partial charge in [-0.3, -0.25) is 4.79 Å². The molecule has 2 heterocycles. The summed E-state index contributed by atoms with van der Waals surface area (Å²) in [6.07, 6.45) is 6.50. The predicted molar refractivity (Wildman–Crippen MR) is 96.8 cm³/mol. The van der Waals surface area contributed by atoms with Crippen molar-refractivity contribution in [2.45, 2.75) is 63.0 Å². The maximum Gasteiger partial charge on any atom is 0.371 e. The molecule has 2 aliphatic rings. The van der Waals surface area contributed by atoms with Crippen molar-refractivity contribution >= 4 is 21.9 Å². The van der Waals surface area contributed by atoms with Crippen molar-refractivity contribution in [1.82, 2.24) is 9.62 Å². The summed E-state index contributed by atoms with van der Waals surface area (Å²) in [7, 11) is -4.06. The van der Waals surface area contributed by atoms with E-state index < -0.39 is 32.9 Å². The smallest absolute Gasteiger partial charge is 0.371 e. The first-order valence-corrected chi connectivity index (χ1v) is 10.9. The zero-order valence-corrected chi connectivity index (χ0v) is 16.3. The molecule has 1 saturated carbocycles. The van der Waals surface area contributed by atoms with Gasteiger partial charge < -0.3 is 14.8 Å². The van der Waals surface area contributed by atoms with Crippen LogP contribution >= 0.6 is 0 Å². The molecule has 1 aromatic rings. The number of nitrogens with one attached hydrogen (secondary N) is 1. The third kappa shape index (κ3) is 3.89. The van der Waals surface area contributed by atoms with Crippen LogP contribution in [0.1, 0.15) is 62.4 Å². The van der Waals surface area contributed by atoms with E-state index in [9.17, 15) is 18.0 Å². The van der Waals surface area contributed by atoms with Crippen molar-refractivity contribution in [1.29, 1.82) is 0 Å². The molecule has 2 N–H and O–H groups in total. The molecule has 2 fully saturated rings. The molecule has 0 spiro atoms. The lowest BCUT2D eigenvalue weighted by atomic mass is 9.83. The zero-order chi connectivity index (χ0) is 19.7. The molecule has 1 aromatic heterocycles. The summed E-state index contributed by atoms with van der Waals surface area (Å²) in [6, 6.07) is 1.44. The van der Waals surface area contributed by atoms with Gasteiger partial charge in [0.15, 0.2) is 0 Å². The van der Waals surface area contributed by atoms with Gasteiger partial charge in [0.25, 0.3) is 10.0 Å². The summed E-state index contributed by atoms with van der Waals surface area (Å²) in [5, 5.41) is 11.4. The highest BCUT2D eigenvalue weighted by Gasteiger charge is 2.42. The molecule has 0 aromatic carbocycles. The van der Waals surface area contributed by atoms with Crippen molar-refractivity contribution in [2.75, 3.05) is 13.1 Å². The predicted octanol–water partition coefficient (Wildman–Crippen LogP) is 2.22. The Morgan fingerprint density at radius 1 is 1.30 bits per heavy atom. The number of hydrogen-bond donors (Lipinski definition) is 2. The van der Waals surface area contributed by atoms with Crippen LogP contribution < -0.4 is 5.32 Å². The highest BCUT2D eigenvalue weighted by atomic mass is 32.2. The van der Waals surface area contributed by atoms with Gasteiger partial charge in [0.2, 0.25) is 16.8 Å². The Bertz CT molecular complexity index is 810. The molecular formula is C18H26N2O6S. The van der Waals surface area contributed by atoms with E-state index in [1.54, 1.807) is 0 Å². The Morgan fingerprint density at radius 3 is 2.59 bits per heavy atom. The number of amides is 1. The van der Waals surface area contributed by atoms with E-state index >= 15 is 0 Å². The van der Waals surface area contributed by atoms with Crippen LogP contribution in [-0.2, 0) is 14.8 Å². The Hall–Kier alpha value is -1.87. The summed E-state index contributed by atoms with van der Waals surface area (Å²) in [5.74, 6) is -2.07. The number of furan rings is 1. The van der Waals surface area contributed by atoms with Crippen LogP contribution in [-0.4, -0.2) is 48.8 Å². The molecule has 0 bridgehead atoms. The minimum Gasteiger partial charge on any atom is -0.475 e. The fourth-order valence-electron chi connectivity index (χ4n) is 4.15. The average Bonchev–Trinajstić information content (AvgIpc) is 3.40. The summed E-state index contributed by atoms with van der Waals surface area (Å²) in [4.78, 5) is 23.7. The monoisotopic (exact) mass is 398 g/mol. The van der Waals surface area contributed by atoms with Crippen LogP contribution in [0.2, 0.25) is 0 Å². The molecule has 150 valence electrons. The second-order valence-corrected chi connectivity index (χ2v) is 9.30. The molecule has 27 heavy (non-hydrogen) atoms. The molecule has 8 nitrogen and oxygen atoms in total. The molecule has 1 saturated heterocycles. The quantitative estimate of drug-likeness (QED) is 0.727. The van der Waals surface area contributed by atoms with Crippen molar-refractivity contribution in [3.63, 3.8) is 0 Å². The molecule has 1 unspecified atom stereocenters. The molecule has 1 aliphatic heterocycles. The van der Waals surface area contributed by atoms with Gasteiger partial charge >= 0.3 is 5.97 Å². The number of carbonyl (C=O) groups excluding carboxylic acids is 1. The van der Waals surface area contributed by atoms with Crippen LogP contribution in [0.4, 0.5) is 0 Å². The summed E-state index contributed by atoms with van der Waals surface area (Å²) in [6.45, 7) is 2.90. The van der Waals surface area contributed by atoms with Crippen LogP contribution in [0.15, 0.2) is 21.6 Å². The zero-order valence-electron chi connectivity index (χ0n) is 15.4. The summed E-state index contributed by atoms with van der Waals surface area (Å²) in [5.41, 5.74) is 0.120. The largest absolute Gasteiger partial charge is 0.475 e. The number of carboxylic acids is 1. The third-order valence-electron chi connectivity index (χ3n) is 5.91. The Kier molecular flexibility index (Phi) is 5.62. The van der Waals surface area contributed by atoms with E-state index in [1.807, 2.05) is 0 Å². The van der Waals surface area contributed by atoms with Gasteiger partial charge in [-0.15, -0.1) is 0 Å². The Balaban J connectivity index is 1.71. The first-order valence-electron chi connectivity index (χ1n) is 9.42. The number of carbonyl (C=O) groups is 2. The molecule has 1 aliphatic carbocycles. The minimum atomic E-state index is -4.06. The minimum absolute atomic E-state index is 0.120. The Labute approximate surface area is 159 Å². The fraction of sp³-hybridized carbons (Fsp3) is 0.667. The highest BCUT2D eigenvalue weighted by Crippen LogP contribution is 2.40. The molecule has 1 amide bonds. The van der Waals surface area contributed by atoms with Crippen LogP contribution in [0.5, 0.6) is 0 Å². The second kappa shape index (κ2) is 7.63. The van der Waals surface area contributed by atoms with Gasteiger partial charge in [-0.2, -0.15) is 4.31 Å². The lowest BCUT2D eigenvalue weighted by molar-refractivity contribution is -0.124. The standard InChI is InChI=1S/C18H26N2O6S/c1-2-18(9-3-4-10-18)12-19-16(21)13-6-5-11-20(13)27(24,25)15-8-7-14(26-15)17(22)23/h7-8,13H,2-6,9-12H2,1H3,(H,19,21)(H,22,23). The number of rotatable bonds is 7. The maximum atomic E-state index is 12.8. The van der Waals surface area contributed by atoms with Gasteiger partial charge in [0, 0.05) is 13.1 Å². The molecular weight excluding hydrogens is 372 g/mol. The number of nitrogens with zero attached hydrogens (tertiary/aromatic N) is 1. The van der Waals surface area contributed by atoms with E-state index in [4.69, 9.17) is 9.52 Å². The van der Waals surface area contributed by atoms with Gasteiger partial charge in [-0.1, -0.05) is 19.8 Å². The van der Waals surface area contributed by atoms with E-state index in [1.165, 1.54) is 0 Å². The molecule has 1 atom stereocenters. The highest BCUT2D eigenvalue weighted by molar-refractivity contribution is 7.89. The van der Waals surface area contributed by atoms with Gasteiger partial charge in [0.05, 0.1) is 0 Å². The normalized spacial score (nSPS) is 22.8. The van der Waals surface area contributed by atoms with Crippen LogP contribution in [0.25, 0.3) is 0 Å². The van der Waals surface area contributed by atoms with E-state index in [-0.39, 0.29) is 17.9 Å². The second-order valence-electron chi connectivity index (χ2n) is 7.48. The van der Waals surface area contributed by atoms with Crippen LogP contribution in [0, 0.1) is 5.41 Å². The lowest BCUT2D eigenvalue weighted by Crippen LogP contribution is -2.48. The van der Waals surface area contributed by atoms with E-state index in [2.05, 4.69) is 12.2 Å². The average molecular weight is 398 g/mol. The summed E-state index contributed by atoms with van der Waals surface area (Å²) >= 11 is 0.